The van der Waals surface area contributed by atoms with Gasteiger partial charge in [0.05, 0.1) is 0 Å². The zero-order valence-electron chi connectivity index (χ0n) is 10.8. The van der Waals surface area contributed by atoms with Gasteiger partial charge in [0.1, 0.15) is 0 Å². The summed E-state index contributed by atoms with van der Waals surface area (Å²) in [4.78, 5) is 2.28. The molecular weight excluding hydrogens is 276 g/mol. The van der Waals surface area contributed by atoms with Crippen molar-refractivity contribution in [1.29, 1.82) is 0 Å². The first kappa shape index (κ1) is 14.3. The lowest BCUT2D eigenvalue weighted by Gasteiger charge is -2.23. The van der Waals surface area contributed by atoms with Gasteiger partial charge < -0.3 is 10.2 Å². The highest BCUT2D eigenvalue weighted by Gasteiger charge is 2.09. The summed E-state index contributed by atoms with van der Waals surface area (Å²) in [6.45, 7) is 9.96. The third-order valence-electron chi connectivity index (χ3n) is 2.98. The van der Waals surface area contributed by atoms with Crippen LogP contribution in [0.4, 0.5) is 5.69 Å². The molecule has 2 nitrogen and oxygen atoms in total. The Morgan fingerprint density at radius 2 is 2.24 bits per heavy atom. The van der Waals surface area contributed by atoms with Crippen molar-refractivity contribution in [1.82, 2.24) is 5.32 Å². The highest BCUT2D eigenvalue weighted by atomic mass is 79.9. The number of halogens is 1. The van der Waals surface area contributed by atoms with Gasteiger partial charge in [-0.05, 0) is 38.6 Å². The van der Waals surface area contributed by atoms with Crippen molar-refractivity contribution >= 4 is 21.6 Å². The predicted octanol–water partition coefficient (Wildman–Crippen LogP) is 3.74. The smallest absolute Gasteiger partial charge is 0.0380 e. The maximum atomic E-state index is 3.79. The van der Waals surface area contributed by atoms with Crippen molar-refractivity contribution in [3.05, 3.63) is 40.9 Å². The van der Waals surface area contributed by atoms with E-state index in [9.17, 15) is 0 Å². The van der Waals surface area contributed by atoms with Crippen LogP contribution in [0.2, 0.25) is 0 Å². The lowest BCUT2D eigenvalue weighted by Crippen LogP contribution is -2.22. The van der Waals surface area contributed by atoms with E-state index >= 15 is 0 Å². The van der Waals surface area contributed by atoms with Crippen LogP contribution in [0.3, 0.4) is 0 Å². The Hall–Kier alpha value is -0.800. The second-order valence-corrected chi connectivity index (χ2v) is 4.90. The molecule has 0 radical (unpaired) electrons. The fourth-order valence-electron chi connectivity index (χ4n) is 1.79. The van der Waals surface area contributed by atoms with E-state index in [4.69, 9.17) is 0 Å². The minimum absolute atomic E-state index is 0.355. The van der Waals surface area contributed by atoms with Gasteiger partial charge in [0.25, 0.3) is 0 Å². The molecule has 1 rings (SSSR count). The first-order valence-corrected chi connectivity index (χ1v) is 6.75. The van der Waals surface area contributed by atoms with Crippen LogP contribution in [-0.4, -0.2) is 20.1 Å². The van der Waals surface area contributed by atoms with Crippen LogP contribution in [0.5, 0.6) is 0 Å². The highest BCUT2D eigenvalue weighted by Crippen LogP contribution is 2.28. The zero-order valence-corrected chi connectivity index (χ0v) is 12.4. The first-order chi connectivity index (χ1) is 8.13. The Kier molecular flexibility index (Phi) is 5.72. The molecule has 1 unspecified atom stereocenters. The van der Waals surface area contributed by atoms with Crippen LogP contribution in [0.15, 0.2) is 35.3 Å². The molecule has 1 N–H and O–H groups in total. The molecular formula is C14H21BrN2. The van der Waals surface area contributed by atoms with Gasteiger partial charge in [0, 0.05) is 29.3 Å². The molecule has 0 saturated heterocycles. The lowest BCUT2D eigenvalue weighted by molar-refractivity contribution is 0.649. The fourth-order valence-corrected chi connectivity index (χ4v) is 2.50. The largest absolute Gasteiger partial charge is 0.368 e. The molecule has 0 amide bonds. The van der Waals surface area contributed by atoms with Crippen molar-refractivity contribution in [2.45, 2.75) is 19.9 Å². The molecule has 0 aliphatic rings. The highest BCUT2D eigenvalue weighted by molar-refractivity contribution is 9.10. The third kappa shape index (κ3) is 3.58. The van der Waals surface area contributed by atoms with E-state index in [0.29, 0.717) is 6.04 Å². The summed E-state index contributed by atoms with van der Waals surface area (Å²) < 4.78 is 1.15. The van der Waals surface area contributed by atoms with Crippen LogP contribution in [0, 0.1) is 0 Å². The van der Waals surface area contributed by atoms with Crippen molar-refractivity contribution < 1.29 is 0 Å². The van der Waals surface area contributed by atoms with Gasteiger partial charge in [0.2, 0.25) is 0 Å². The number of likely N-dealkylation sites (N-methyl/N-ethyl adjacent to an activating group) is 1. The topological polar surface area (TPSA) is 15.3 Å². The number of anilines is 1. The first-order valence-electron chi connectivity index (χ1n) is 5.96. The fraction of sp³-hybridized carbons (Fsp3) is 0.429. The molecule has 0 fully saturated rings. The molecule has 0 spiro atoms. The Morgan fingerprint density at radius 1 is 1.53 bits per heavy atom. The SMILES string of the molecule is C=CCN(CC)c1ccc(C(C)NC)c(Br)c1. The van der Waals surface area contributed by atoms with Gasteiger partial charge in [-0.2, -0.15) is 0 Å². The molecule has 0 aromatic heterocycles. The van der Waals surface area contributed by atoms with E-state index in [1.54, 1.807) is 0 Å². The summed E-state index contributed by atoms with van der Waals surface area (Å²) in [5.74, 6) is 0. The van der Waals surface area contributed by atoms with E-state index < -0.39 is 0 Å². The van der Waals surface area contributed by atoms with Crippen LogP contribution in [0.25, 0.3) is 0 Å². The van der Waals surface area contributed by atoms with E-state index in [-0.39, 0.29) is 0 Å². The van der Waals surface area contributed by atoms with Gasteiger partial charge in [0.15, 0.2) is 0 Å². The van der Waals surface area contributed by atoms with Crippen LogP contribution in [0.1, 0.15) is 25.5 Å². The number of hydrogen-bond donors (Lipinski definition) is 1. The summed E-state index contributed by atoms with van der Waals surface area (Å²) >= 11 is 3.64. The Morgan fingerprint density at radius 3 is 2.71 bits per heavy atom. The van der Waals surface area contributed by atoms with Gasteiger partial charge >= 0.3 is 0 Å². The second kappa shape index (κ2) is 6.82. The average molecular weight is 297 g/mol. The number of hydrogen-bond acceptors (Lipinski definition) is 2. The number of rotatable bonds is 6. The van der Waals surface area contributed by atoms with E-state index in [2.05, 4.69) is 64.8 Å². The standard InChI is InChI=1S/C14H21BrN2/c1-5-9-17(6-2)12-7-8-13(11(3)16-4)14(15)10-12/h5,7-8,10-11,16H,1,6,9H2,2-4H3. The minimum atomic E-state index is 0.355. The molecule has 0 bridgehead atoms. The Labute approximate surface area is 113 Å². The van der Waals surface area contributed by atoms with Crippen LogP contribution < -0.4 is 10.2 Å². The maximum Gasteiger partial charge on any atom is 0.0380 e. The molecule has 94 valence electrons. The molecule has 3 heteroatoms. The van der Waals surface area contributed by atoms with Crippen molar-refractivity contribution in [3.63, 3.8) is 0 Å². The molecule has 1 aromatic carbocycles. The molecule has 0 heterocycles. The van der Waals surface area contributed by atoms with Gasteiger partial charge in [-0.3, -0.25) is 0 Å². The number of benzene rings is 1. The summed E-state index contributed by atoms with van der Waals surface area (Å²) in [5, 5.41) is 3.25. The normalized spacial score (nSPS) is 12.2. The average Bonchev–Trinajstić information content (AvgIpc) is 2.35. The van der Waals surface area contributed by atoms with Crippen molar-refractivity contribution in [2.75, 3.05) is 25.0 Å². The number of nitrogens with zero attached hydrogens (tertiary/aromatic N) is 1. The van der Waals surface area contributed by atoms with Gasteiger partial charge in [-0.1, -0.05) is 28.1 Å². The number of nitrogens with one attached hydrogen (secondary N) is 1. The molecule has 17 heavy (non-hydrogen) atoms. The monoisotopic (exact) mass is 296 g/mol. The Bertz CT molecular complexity index is 376. The summed E-state index contributed by atoms with van der Waals surface area (Å²) in [6, 6.07) is 6.87. The molecule has 1 aromatic rings. The van der Waals surface area contributed by atoms with E-state index in [1.165, 1.54) is 11.3 Å². The van der Waals surface area contributed by atoms with Gasteiger partial charge in [-0.25, -0.2) is 0 Å². The second-order valence-electron chi connectivity index (χ2n) is 4.04. The van der Waals surface area contributed by atoms with Crippen molar-refractivity contribution in [2.24, 2.45) is 0 Å². The quantitative estimate of drug-likeness (QED) is 0.805. The summed E-state index contributed by atoms with van der Waals surface area (Å²) in [7, 11) is 1.97. The molecule has 0 aliphatic carbocycles. The molecule has 0 aliphatic heterocycles. The lowest BCUT2D eigenvalue weighted by atomic mass is 10.1. The summed E-state index contributed by atoms with van der Waals surface area (Å²) in [6.07, 6.45) is 1.93. The Balaban J connectivity index is 2.98. The van der Waals surface area contributed by atoms with Gasteiger partial charge in [-0.15, -0.1) is 6.58 Å². The predicted molar refractivity (Wildman–Crippen MR) is 79.7 cm³/mol. The van der Waals surface area contributed by atoms with Crippen molar-refractivity contribution in [3.8, 4) is 0 Å². The molecule has 0 saturated carbocycles. The zero-order chi connectivity index (χ0) is 12.8. The maximum absolute atomic E-state index is 3.79. The third-order valence-corrected chi connectivity index (χ3v) is 3.67. The van der Waals surface area contributed by atoms with Crippen LogP contribution >= 0.6 is 15.9 Å². The van der Waals surface area contributed by atoms with E-state index in [0.717, 1.165) is 17.6 Å². The van der Waals surface area contributed by atoms with E-state index in [1.807, 2.05) is 13.1 Å². The summed E-state index contributed by atoms with van der Waals surface area (Å²) in [5.41, 5.74) is 2.51. The minimum Gasteiger partial charge on any atom is -0.368 e. The van der Waals surface area contributed by atoms with Crippen LogP contribution in [-0.2, 0) is 0 Å². The molecule has 1 atom stereocenters.